The van der Waals surface area contributed by atoms with Gasteiger partial charge in [0.25, 0.3) is 0 Å². The van der Waals surface area contributed by atoms with E-state index in [9.17, 15) is 24.5 Å². The third-order valence-corrected chi connectivity index (χ3v) is 4.03. The predicted octanol–water partition coefficient (Wildman–Crippen LogP) is 3.29. The van der Waals surface area contributed by atoms with Gasteiger partial charge < -0.3 is 9.47 Å². The summed E-state index contributed by atoms with van der Waals surface area (Å²) in [6.07, 6.45) is -0.901. The number of nitrogens with zero attached hydrogens (tertiary/aromatic N) is 2. The zero-order chi connectivity index (χ0) is 22.1. The summed E-state index contributed by atoms with van der Waals surface area (Å²) in [7, 11) is 0. The first kappa shape index (κ1) is 22.3. The molecule has 0 radical (unpaired) electrons. The van der Waals surface area contributed by atoms with Crippen LogP contribution in [0.15, 0.2) is 24.3 Å². The molecule has 9 nitrogen and oxygen atoms in total. The first-order valence-corrected chi connectivity index (χ1v) is 9.22. The first-order valence-electron chi connectivity index (χ1n) is 9.22. The van der Waals surface area contributed by atoms with Crippen LogP contribution in [0.2, 0.25) is 0 Å². The van der Waals surface area contributed by atoms with E-state index in [-0.39, 0.29) is 5.69 Å². The largest absolute Gasteiger partial charge is 0.460 e. The molecule has 0 saturated heterocycles. The van der Waals surface area contributed by atoms with Crippen molar-refractivity contribution in [2.75, 3.05) is 11.4 Å². The predicted molar refractivity (Wildman–Crippen MR) is 104 cm³/mol. The van der Waals surface area contributed by atoms with Gasteiger partial charge in [0.2, 0.25) is 12.5 Å². The van der Waals surface area contributed by atoms with Crippen LogP contribution < -0.4 is 4.90 Å². The fraction of sp³-hybridized carbons (Fsp3) is 0.550. The minimum Gasteiger partial charge on any atom is -0.460 e. The van der Waals surface area contributed by atoms with Gasteiger partial charge in [-0.05, 0) is 53.2 Å². The van der Waals surface area contributed by atoms with Crippen LogP contribution in [0.5, 0.6) is 0 Å². The standard InChI is InChI=1S/C20H26N2O7/c1-19(2,3)28-17(24)13(11-21(26)27)15-12-9-7-8-10-14(12)22(16(15)23)18(25)29-20(4,5)6/h7-10,13,15H,11H2,1-6H3. The van der Waals surface area contributed by atoms with Crippen molar-refractivity contribution in [3.05, 3.63) is 39.9 Å². The first-order chi connectivity index (χ1) is 13.2. The number of benzene rings is 1. The molecule has 2 atom stereocenters. The Balaban J connectivity index is 2.49. The fourth-order valence-electron chi connectivity index (χ4n) is 3.08. The average Bonchev–Trinajstić information content (AvgIpc) is 2.81. The Morgan fingerprint density at radius 1 is 1.10 bits per heavy atom. The van der Waals surface area contributed by atoms with Gasteiger partial charge in [0.1, 0.15) is 17.1 Å². The summed E-state index contributed by atoms with van der Waals surface area (Å²) in [5.74, 6) is -4.23. The second kappa shape index (κ2) is 7.81. The van der Waals surface area contributed by atoms with Crippen LogP contribution in [0.3, 0.4) is 0 Å². The Labute approximate surface area is 169 Å². The molecule has 1 heterocycles. The minimum atomic E-state index is -1.38. The van der Waals surface area contributed by atoms with Crippen LogP contribution in [0, 0.1) is 16.0 Å². The van der Waals surface area contributed by atoms with Crippen molar-refractivity contribution in [1.82, 2.24) is 0 Å². The van der Waals surface area contributed by atoms with E-state index < -0.39 is 52.5 Å². The van der Waals surface area contributed by atoms with Gasteiger partial charge in [0.15, 0.2) is 0 Å². The average molecular weight is 406 g/mol. The summed E-state index contributed by atoms with van der Waals surface area (Å²) in [5.41, 5.74) is -1.15. The van der Waals surface area contributed by atoms with E-state index in [1.54, 1.807) is 59.7 Å². The Hall–Kier alpha value is -2.97. The number of nitro groups is 1. The minimum absolute atomic E-state index is 0.244. The summed E-state index contributed by atoms with van der Waals surface area (Å²) in [4.78, 5) is 50.0. The lowest BCUT2D eigenvalue weighted by Gasteiger charge is -2.26. The molecule has 1 aromatic carbocycles. The van der Waals surface area contributed by atoms with Crippen molar-refractivity contribution in [2.24, 2.45) is 5.92 Å². The second-order valence-electron chi connectivity index (χ2n) is 8.85. The quantitative estimate of drug-likeness (QED) is 0.428. The van der Waals surface area contributed by atoms with Crippen molar-refractivity contribution in [3.8, 4) is 0 Å². The third kappa shape index (κ3) is 5.30. The summed E-state index contributed by atoms with van der Waals surface area (Å²) < 4.78 is 10.6. The van der Waals surface area contributed by atoms with E-state index in [4.69, 9.17) is 9.47 Å². The van der Waals surface area contributed by atoms with Crippen molar-refractivity contribution >= 4 is 23.7 Å². The molecular formula is C20H26N2O7. The van der Waals surface area contributed by atoms with Crippen LogP contribution in [0.25, 0.3) is 0 Å². The number of hydrogen-bond acceptors (Lipinski definition) is 7. The molecule has 0 aromatic heterocycles. The maximum Gasteiger partial charge on any atom is 0.421 e. The Bertz CT molecular complexity index is 836. The van der Waals surface area contributed by atoms with Crippen molar-refractivity contribution in [3.63, 3.8) is 0 Å². The van der Waals surface area contributed by atoms with Gasteiger partial charge in [0, 0.05) is 4.92 Å². The van der Waals surface area contributed by atoms with Crippen LogP contribution in [0.1, 0.15) is 53.0 Å². The normalized spacial score (nSPS) is 17.5. The van der Waals surface area contributed by atoms with E-state index in [0.29, 0.717) is 5.56 Å². The van der Waals surface area contributed by atoms with Crippen LogP contribution in [-0.2, 0) is 19.1 Å². The number of carbonyl (C=O) groups is 3. The molecule has 0 spiro atoms. The second-order valence-corrected chi connectivity index (χ2v) is 8.85. The van der Waals surface area contributed by atoms with Crippen molar-refractivity contribution in [2.45, 2.75) is 58.7 Å². The summed E-state index contributed by atoms with van der Waals surface area (Å²) in [5, 5.41) is 11.2. The van der Waals surface area contributed by atoms with Gasteiger partial charge in [-0.3, -0.25) is 19.7 Å². The van der Waals surface area contributed by atoms with Crippen LogP contribution >= 0.6 is 0 Å². The Morgan fingerprint density at radius 3 is 2.17 bits per heavy atom. The van der Waals surface area contributed by atoms with Gasteiger partial charge in [0.05, 0.1) is 11.6 Å². The molecule has 1 aliphatic rings. The molecule has 0 fully saturated rings. The molecular weight excluding hydrogens is 380 g/mol. The van der Waals surface area contributed by atoms with E-state index >= 15 is 0 Å². The topological polar surface area (TPSA) is 116 Å². The number of fused-ring (bicyclic) bond motifs is 1. The van der Waals surface area contributed by atoms with Gasteiger partial charge in [-0.2, -0.15) is 0 Å². The molecule has 0 saturated carbocycles. The van der Waals surface area contributed by atoms with Crippen LogP contribution in [0.4, 0.5) is 10.5 Å². The molecule has 29 heavy (non-hydrogen) atoms. The Morgan fingerprint density at radius 2 is 1.66 bits per heavy atom. The summed E-state index contributed by atoms with van der Waals surface area (Å²) in [6.45, 7) is 9.06. The molecule has 2 rings (SSSR count). The van der Waals surface area contributed by atoms with Crippen molar-refractivity contribution < 1.29 is 28.8 Å². The number of esters is 1. The highest BCUT2D eigenvalue weighted by Crippen LogP contribution is 2.42. The fourth-order valence-corrected chi connectivity index (χ4v) is 3.08. The maximum absolute atomic E-state index is 13.2. The Kier molecular flexibility index (Phi) is 6.01. The monoisotopic (exact) mass is 406 g/mol. The molecule has 1 aliphatic heterocycles. The molecule has 0 N–H and O–H groups in total. The zero-order valence-electron chi connectivity index (χ0n) is 17.4. The number of anilines is 1. The van der Waals surface area contributed by atoms with Crippen molar-refractivity contribution in [1.29, 1.82) is 0 Å². The number of amides is 2. The van der Waals surface area contributed by atoms with E-state index in [1.807, 2.05) is 0 Å². The van der Waals surface area contributed by atoms with Gasteiger partial charge in [-0.25, -0.2) is 9.69 Å². The van der Waals surface area contributed by atoms with Gasteiger partial charge >= 0.3 is 12.1 Å². The SMILES string of the molecule is CC(C)(C)OC(=O)C(C[N+](=O)[O-])C1C(=O)N(C(=O)OC(C)(C)C)c2ccccc21. The lowest BCUT2D eigenvalue weighted by Crippen LogP contribution is -2.43. The van der Waals surface area contributed by atoms with E-state index in [1.165, 1.54) is 6.07 Å². The van der Waals surface area contributed by atoms with E-state index in [2.05, 4.69) is 0 Å². The lowest BCUT2D eigenvalue weighted by atomic mass is 9.86. The highest BCUT2D eigenvalue weighted by Gasteiger charge is 2.50. The number of imide groups is 1. The highest BCUT2D eigenvalue weighted by atomic mass is 16.6. The molecule has 0 bridgehead atoms. The zero-order valence-corrected chi connectivity index (χ0v) is 17.4. The van der Waals surface area contributed by atoms with Gasteiger partial charge in [-0.1, -0.05) is 18.2 Å². The number of ether oxygens (including phenoxy) is 2. The van der Waals surface area contributed by atoms with E-state index in [0.717, 1.165) is 4.90 Å². The highest BCUT2D eigenvalue weighted by molar-refractivity contribution is 6.20. The number of para-hydroxylation sites is 1. The number of carbonyl (C=O) groups excluding carboxylic acids is 3. The maximum atomic E-state index is 13.2. The molecule has 2 amide bonds. The van der Waals surface area contributed by atoms with Crippen LogP contribution in [-0.4, -0.2) is 40.6 Å². The molecule has 1 aromatic rings. The molecule has 158 valence electrons. The number of rotatable bonds is 4. The molecule has 9 heteroatoms. The smallest absolute Gasteiger partial charge is 0.421 e. The summed E-state index contributed by atoms with van der Waals surface area (Å²) >= 11 is 0. The number of hydrogen-bond donors (Lipinski definition) is 0. The lowest BCUT2D eigenvalue weighted by molar-refractivity contribution is -0.486. The summed E-state index contributed by atoms with van der Waals surface area (Å²) in [6, 6.07) is 6.37. The van der Waals surface area contributed by atoms with Gasteiger partial charge in [-0.15, -0.1) is 0 Å². The third-order valence-electron chi connectivity index (χ3n) is 4.03. The molecule has 0 aliphatic carbocycles. The molecule has 2 unspecified atom stereocenters.